The number of anilines is 1. The molecule has 0 amide bonds. The van der Waals surface area contributed by atoms with Crippen LogP contribution in [-0.2, 0) is 0 Å². The Bertz CT molecular complexity index is 405. The number of hydrogen-bond donors (Lipinski definition) is 1. The van der Waals surface area contributed by atoms with Crippen molar-refractivity contribution >= 4 is 5.88 Å². The van der Waals surface area contributed by atoms with Crippen LogP contribution in [0.15, 0.2) is 29.0 Å². The molecule has 0 saturated carbocycles. The Morgan fingerprint density at radius 3 is 2.93 bits per heavy atom. The van der Waals surface area contributed by atoms with E-state index in [-0.39, 0.29) is 5.88 Å². The van der Waals surface area contributed by atoms with Crippen molar-refractivity contribution in [3.05, 3.63) is 30.2 Å². The lowest BCUT2D eigenvalue weighted by molar-refractivity contribution is 0.426. The Labute approximate surface area is 80.5 Å². The molecule has 72 valence electrons. The molecule has 0 bridgehead atoms. The van der Waals surface area contributed by atoms with Crippen molar-refractivity contribution < 1.29 is 9.26 Å². The van der Waals surface area contributed by atoms with Gasteiger partial charge in [-0.2, -0.15) is 0 Å². The highest BCUT2D eigenvalue weighted by atomic mass is 16.5. The number of hydrogen-bond acceptors (Lipinski definition) is 5. The van der Waals surface area contributed by atoms with Gasteiger partial charge in [0.05, 0.1) is 6.20 Å². The fourth-order valence-electron chi connectivity index (χ4n) is 1.03. The lowest BCUT2D eigenvalue weighted by atomic mass is 10.4. The van der Waals surface area contributed by atoms with E-state index in [1.807, 2.05) is 0 Å². The predicted octanol–water partition coefficient (Wildman–Crippen LogP) is 1.75. The molecular formula is C9H9N3O2. The van der Waals surface area contributed by atoms with Gasteiger partial charge in [0.25, 0.3) is 5.88 Å². The SMILES string of the molecule is Cc1noc(N)c1Oc1cccnc1. The Hall–Kier alpha value is -2.04. The van der Waals surface area contributed by atoms with Gasteiger partial charge in [0, 0.05) is 6.20 Å². The largest absolute Gasteiger partial charge is 0.448 e. The zero-order valence-electron chi connectivity index (χ0n) is 7.60. The van der Waals surface area contributed by atoms with Crippen LogP contribution in [0, 0.1) is 6.92 Å². The van der Waals surface area contributed by atoms with Crippen molar-refractivity contribution in [3.8, 4) is 11.5 Å². The Morgan fingerprint density at radius 1 is 1.50 bits per heavy atom. The molecule has 0 radical (unpaired) electrons. The van der Waals surface area contributed by atoms with E-state index in [2.05, 4.69) is 10.1 Å². The smallest absolute Gasteiger partial charge is 0.265 e. The van der Waals surface area contributed by atoms with Crippen LogP contribution in [0.2, 0.25) is 0 Å². The quantitative estimate of drug-likeness (QED) is 0.782. The van der Waals surface area contributed by atoms with Crippen LogP contribution in [0.3, 0.4) is 0 Å². The second-order valence-electron chi connectivity index (χ2n) is 2.75. The van der Waals surface area contributed by atoms with Gasteiger partial charge in [-0.25, -0.2) is 0 Å². The van der Waals surface area contributed by atoms with Crippen molar-refractivity contribution in [3.63, 3.8) is 0 Å². The molecule has 5 heteroatoms. The lowest BCUT2D eigenvalue weighted by Crippen LogP contribution is -1.89. The molecule has 0 fully saturated rings. The number of ether oxygens (including phenoxy) is 1. The number of nitrogens with two attached hydrogens (primary N) is 1. The van der Waals surface area contributed by atoms with Gasteiger partial charge in [-0.05, 0) is 19.1 Å². The number of rotatable bonds is 2. The van der Waals surface area contributed by atoms with Gasteiger partial charge in [-0.3, -0.25) is 4.98 Å². The minimum atomic E-state index is 0.173. The van der Waals surface area contributed by atoms with E-state index >= 15 is 0 Å². The predicted molar refractivity (Wildman–Crippen MR) is 50.0 cm³/mol. The van der Waals surface area contributed by atoms with Crippen LogP contribution < -0.4 is 10.5 Å². The van der Waals surface area contributed by atoms with E-state index in [9.17, 15) is 0 Å². The van der Waals surface area contributed by atoms with Crippen LogP contribution in [0.4, 0.5) is 5.88 Å². The molecule has 2 aromatic rings. The van der Waals surface area contributed by atoms with E-state index in [1.54, 1.807) is 31.5 Å². The second-order valence-corrected chi connectivity index (χ2v) is 2.75. The van der Waals surface area contributed by atoms with Gasteiger partial charge in [0.2, 0.25) is 5.75 Å². The third-order valence-corrected chi connectivity index (χ3v) is 1.69. The minimum absolute atomic E-state index is 0.173. The first-order valence-corrected chi connectivity index (χ1v) is 4.07. The summed E-state index contributed by atoms with van der Waals surface area (Å²) in [6.45, 7) is 1.76. The molecule has 2 aromatic heterocycles. The summed E-state index contributed by atoms with van der Waals surface area (Å²) in [5.74, 6) is 1.22. The Balaban J connectivity index is 2.27. The zero-order valence-corrected chi connectivity index (χ0v) is 7.60. The van der Waals surface area contributed by atoms with Gasteiger partial charge >= 0.3 is 0 Å². The van der Waals surface area contributed by atoms with E-state index in [0.29, 0.717) is 17.2 Å². The number of pyridine rings is 1. The van der Waals surface area contributed by atoms with Crippen molar-refractivity contribution in [2.75, 3.05) is 5.73 Å². The van der Waals surface area contributed by atoms with Gasteiger partial charge in [0.15, 0.2) is 0 Å². The van der Waals surface area contributed by atoms with Gasteiger partial charge < -0.3 is 15.0 Å². The highest BCUT2D eigenvalue weighted by Crippen LogP contribution is 2.29. The van der Waals surface area contributed by atoms with Crippen LogP contribution in [0.5, 0.6) is 11.5 Å². The Kier molecular flexibility index (Phi) is 2.06. The van der Waals surface area contributed by atoms with Crippen molar-refractivity contribution in [1.29, 1.82) is 0 Å². The molecule has 0 saturated heterocycles. The van der Waals surface area contributed by atoms with Crippen molar-refractivity contribution in [2.45, 2.75) is 6.92 Å². The first-order chi connectivity index (χ1) is 6.77. The maximum absolute atomic E-state index is 5.51. The molecule has 0 aliphatic rings. The van der Waals surface area contributed by atoms with Crippen LogP contribution in [-0.4, -0.2) is 10.1 Å². The molecular weight excluding hydrogens is 182 g/mol. The van der Waals surface area contributed by atoms with E-state index in [0.717, 1.165) is 0 Å². The van der Waals surface area contributed by atoms with Crippen LogP contribution in [0.1, 0.15) is 5.69 Å². The lowest BCUT2D eigenvalue weighted by Gasteiger charge is -2.02. The summed E-state index contributed by atoms with van der Waals surface area (Å²) < 4.78 is 10.2. The summed E-state index contributed by atoms with van der Waals surface area (Å²) in [6, 6.07) is 3.55. The van der Waals surface area contributed by atoms with E-state index in [4.69, 9.17) is 15.0 Å². The average molecular weight is 191 g/mol. The summed E-state index contributed by atoms with van der Waals surface area (Å²) in [5.41, 5.74) is 6.13. The van der Waals surface area contributed by atoms with E-state index < -0.39 is 0 Å². The molecule has 14 heavy (non-hydrogen) atoms. The third kappa shape index (κ3) is 1.52. The van der Waals surface area contributed by atoms with Crippen molar-refractivity contribution in [2.24, 2.45) is 0 Å². The molecule has 0 spiro atoms. The molecule has 5 nitrogen and oxygen atoms in total. The van der Waals surface area contributed by atoms with Crippen molar-refractivity contribution in [1.82, 2.24) is 10.1 Å². The maximum atomic E-state index is 5.51. The van der Waals surface area contributed by atoms with Gasteiger partial charge in [0.1, 0.15) is 11.4 Å². The summed E-state index contributed by atoms with van der Waals surface area (Å²) >= 11 is 0. The number of aromatic nitrogens is 2. The molecule has 2 rings (SSSR count). The second kappa shape index (κ2) is 3.37. The fraction of sp³-hybridized carbons (Fsp3) is 0.111. The first-order valence-electron chi connectivity index (χ1n) is 4.07. The van der Waals surface area contributed by atoms with Gasteiger partial charge in [-0.1, -0.05) is 5.16 Å². The molecule has 0 aliphatic heterocycles. The highest BCUT2D eigenvalue weighted by Gasteiger charge is 2.11. The minimum Gasteiger partial charge on any atom is -0.448 e. The molecule has 0 aromatic carbocycles. The molecule has 0 atom stereocenters. The molecule has 0 unspecified atom stereocenters. The van der Waals surface area contributed by atoms with Crippen LogP contribution >= 0.6 is 0 Å². The zero-order chi connectivity index (χ0) is 9.97. The number of nitrogens with zero attached hydrogens (tertiary/aromatic N) is 2. The number of nitrogen functional groups attached to an aromatic ring is 1. The Morgan fingerprint density at radius 2 is 2.36 bits per heavy atom. The topological polar surface area (TPSA) is 74.2 Å². The normalized spacial score (nSPS) is 10.1. The van der Waals surface area contributed by atoms with E-state index in [1.165, 1.54) is 0 Å². The average Bonchev–Trinajstić information content (AvgIpc) is 2.51. The standard InChI is InChI=1S/C9H9N3O2/c1-6-8(9(10)14-12-6)13-7-3-2-4-11-5-7/h2-5H,10H2,1H3. The first kappa shape index (κ1) is 8.55. The number of aryl methyl sites for hydroxylation is 1. The maximum Gasteiger partial charge on any atom is 0.265 e. The molecule has 2 heterocycles. The summed E-state index contributed by atoms with van der Waals surface area (Å²) in [6.07, 6.45) is 3.25. The third-order valence-electron chi connectivity index (χ3n) is 1.69. The van der Waals surface area contributed by atoms with Gasteiger partial charge in [-0.15, -0.1) is 0 Å². The monoisotopic (exact) mass is 191 g/mol. The highest BCUT2D eigenvalue weighted by molar-refractivity contribution is 5.47. The summed E-state index contributed by atoms with van der Waals surface area (Å²) in [7, 11) is 0. The molecule has 0 aliphatic carbocycles. The summed E-state index contributed by atoms with van der Waals surface area (Å²) in [5, 5.41) is 3.67. The molecule has 2 N–H and O–H groups in total. The summed E-state index contributed by atoms with van der Waals surface area (Å²) in [4.78, 5) is 3.91. The fourth-order valence-corrected chi connectivity index (χ4v) is 1.03. The van der Waals surface area contributed by atoms with Crippen LogP contribution in [0.25, 0.3) is 0 Å².